The summed E-state index contributed by atoms with van der Waals surface area (Å²) in [6, 6.07) is 78.3. The third kappa shape index (κ3) is 5.20. The molecule has 0 aliphatic rings. The predicted molar refractivity (Wildman–Crippen MR) is 260 cm³/mol. The maximum Gasteiger partial charge on any atom is 0.0973 e. The molecule has 0 N–H and O–H groups in total. The lowest BCUT2D eigenvalue weighted by Gasteiger charge is -2.14. The molecule has 0 saturated carbocycles. The first-order chi connectivity index (χ1) is 30.8. The zero-order valence-corrected chi connectivity index (χ0v) is 33.6. The third-order valence-corrected chi connectivity index (χ3v) is 12.6. The highest BCUT2D eigenvalue weighted by atomic mass is 15.0. The Morgan fingerprint density at radius 3 is 1.61 bits per heavy atom. The molecule has 3 heterocycles. The van der Waals surface area contributed by atoms with E-state index in [1.807, 2.05) is 6.07 Å². The van der Waals surface area contributed by atoms with E-state index in [1.54, 1.807) is 0 Å². The Morgan fingerprint density at radius 2 is 0.839 bits per heavy atom. The largest absolute Gasteiger partial charge is 0.309 e. The van der Waals surface area contributed by atoms with Crippen LogP contribution in [-0.4, -0.2) is 19.1 Å². The number of para-hydroxylation sites is 2. The van der Waals surface area contributed by atoms with E-state index in [1.165, 1.54) is 54.2 Å². The van der Waals surface area contributed by atoms with Gasteiger partial charge >= 0.3 is 0 Å². The molecular weight excluding hydrogens is 753 g/mol. The number of benzene rings is 10. The van der Waals surface area contributed by atoms with Gasteiger partial charge in [-0.05, 0) is 81.9 Å². The van der Waals surface area contributed by atoms with Gasteiger partial charge in [-0.1, -0.05) is 164 Å². The first-order valence-electron chi connectivity index (χ1n) is 21.2. The van der Waals surface area contributed by atoms with Gasteiger partial charge in [-0.15, -0.1) is 0 Å². The van der Waals surface area contributed by atoms with E-state index in [2.05, 4.69) is 221 Å². The van der Waals surface area contributed by atoms with Gasteiger partial charge in [-0.25, -0.2) is 9.97 Å². The number of hydrogen-bond acceptors (Lipinski definition) is 2. The fraction of sp³-hybridized carbons (Fsp3) is 0. The third-order valence-electron chi connectivity index (χ3n) is 12.6. The van der Waals surface area contributed by atoms with E-state index in [4.69, 9.17) is 9.97 Å². The summed E-state index contributed by atoms with van der Waals surface area (Å²) in [7, 11) is 0. The highest BCUT2D eigenvalue weighted by Crippen LogP contribution is 2.45. The van der Waals surface area contributed by atoms with Crippen molar-refractivity contribution in [3.05, 3.63) is 218 Å². The maximum atomic E-state index is 5.50. The van der Waals surface area contributed by atoms with Crippen molar-refractivity contribution < 1.29 is 0 Å². The molecule has 0 saturated heterocycles. The minimum Gasteiger partial charge on any atom is -0.309 e. The molecule has 0 aliphatic carbocycles. The molecular formula is C58H36N4. The van der Waals surface area contributed by atoms with E-state index < -0.39 is 0 Å². The summed E-state index contributed by atoms with van der Waals surface area (Å²) < 4.78 is 4.89. The van der Waals surface area contributed by atoms with Crippen LogP contribution in [0.4, 0.5) is 0 Å². The van der Waals surface area contributed by atoms with Gasteiger partial charge in [0.1, 0.15) is 0 Å². The van der Waals surface area contributed by atoms with Gasteiger partial charge in [0.15, 0.2) is 0 Å². The fourth-order valence-electron chi connectivity index (χ4n) is 9.92. The molecule has 0 amide bonds. The van der Waals surface area contributed by atoms with Crippen LogP contribution < -0.4 is 0 Å². The molecule has 0 unspecified atom stereocenters. The summed E-state index contributed by atoms with van der Waals surface area (Å²) in [5.74, 6) is 0. The quantitative estimate of drug-likeness (QED) is 0.163. The molecule has 0 spiro atoms. The minimum absolute atomic E-state index is 0.839. The average Bonchev–Trinajstić information content (AvgIpc) is 3.86. The lowest BCUT2D eigenvalue weighted by Crippen LogP contribution is -1.99. The van der Waals surface area contributed by atoms with Crippen molar-refractivity contribution in [2.24, 2.45) is 0 Å². The molecule has 4 nitrogen and oxygen atoms in total. The van der Waals surface area contributed by atoms with Crippen LogP contribution in [0.15, 0.2) is 218 Å². The van der Waals surface area contributed by atoms with Crippen LogP contribution >= 0.6 is 0 Å². The predicted octanol–water partition coefficient (Wildman–Crippen LogP) is 15.1. The zero-order valence-electron chi connectivity index (χ0n) is 33.6. The van der Waals surface area contributed by atoms with Gasteiger partial charge in [0.25, 0.3) is 0 Å². The van der Waals surface area contributed by atoms with Crippen molar-refractivity contribution in [3.63, 3.8) is 0 Å². The highest BCUT2D eigenvalue weighted by molar-refractivity contribution is 6.33. The number of aromatic nitrogens is 4. The minimum atomic E-state index is 0.839. The summed E-state index contributed by atoms with van der Waals surface area (Å²) in [5, 5.41) is 9.96. The molecule has 0 atom stereocenters. The van der Waals surface area contributed by atoms with Crippen LogP contribution in [0.5, 0.6) is 0 Å². The molecule has 288 valence electrons. The first kappa shape index (κ1) is 34.5. The van der Waals surface area contributed by atoms with Crippen molar-refractivity contribution >= 4 is 76.2 Å². The molecule has 0 bridgehead atoms. The number of hydrogen-bond donors (Lipinski definition) is 0. The second-order valence-electron chi connectivity index (χ2n) is 16.1. The van der Waals surface area contributed by atoms with Crippen LogP contribution in [0, 0.1) is 0 Å². The Labute approximate surface area is 357 Å². The van der Waals surface area contributed by atoms with Crippen molar-refractivity contribution in [1.82, 2.24) is 19.1 Å². The normalized spacial score (nSPS) is 11.9. The Morgan fingerprint density at radius 1 is 0.274 bits per heavy atom. The molecule has 3 aromatic heterocycles. The van der Waals surface area contributed by atoms with Crippen LogP contribution in [-0.2, 0) is 0 Å². The number of rotatable bonds is 5. The number of fused-ring (bicyclic) bond motifs is 12. The van der Waals surface area contributed by atoms with Crippen LogP contribution in [0.3, 0.4) is 0 Å². The zero-order chi connectivity index (χ0) is 40.7. The molecule has 13 rings (SSSR count). The molecule has 13 aromatic rings. The maximum absolute atomic E-state index is 5.50. The first-order valence-corrected chi connectivity index (χ1v) is 21.2. The number of nitrogens with zero attached hydrogens (tertiary/aromatic N) is 4. The fourth-order valence-corrected chi connectivity index (χ4v) is 9.92. The molecule has 4 heteroatoms. The van der Waals surface area contributed by atoms with E-state index in [9.17, 15) is 0 Å². The van der Waals surface area contributed by atoms with Crippen LogP contribution in [0.1, 0.15) is 0 Å². The SMILES string of the molecule is c1ccc(-c2cccc(-c3nc4cc(-n5c6ccccc6c6cc7c8c9ccccc9c9ccccc9c8n(-c8ccccc8)c7cc65)ccc4nc3-c3ccccc3)c2)cc1. The molecule has 0 radical (unpaired) electrons. The van der Waals surface area contributed by atoms with Crippen LogP contribution in [0.2, 0.25) is 0 Å². The topological polar surface area (TPSA) is 35.6 Å². The molecule has 0 aliphatic heterocycles. The Hall–Kier alpha value is -8.34. The van der Waals surface area contributed by atoms with Gasteiger partial charge in [0.2, 0.25) is 0 Å². The van der Waals surface area contributed by atoms with E-state index in [-0.39, 0.29) is 0 Å². The van der Waals surface area contributed by atoms with E-state index in [0.717, 1.165) is 67.0 Å². The summed E-state index contributed by atoms with van der Waals surface area (Å²) in [6.45, 7) is 0. The lowest BCUT2D eigenvalue weighted by molar-refractivity contribution is 1.17. The molecule has 62 heavy (non-hydrogen) atoms. The smallest absolute Gasteiger partial charge is 0.0973 e. The Bertz CT molecular complexity index is 3900. The van der Waals surface area contributed by atoms with Crippen molar-refractivity contribution in [2.45, 2.75) is 0 Å². The Balaban J connectivity index is 1.10. The van der Waals surface area contributed by atoms with Crippen LogP contribution in [0.25, 0.3) is 121 Å². The van der Waals surface area contributed by atoms with Crippen molar-refractivity contribution in [2.75, 3.05) is 0 Å². The van der Waals surface area contributed by atoms with Gasteiger partial charge in [-0.2, -0.15) is 0 Å². The van der Waals surface area contributed by atoms with Crippen molar-refractivity contribution in [3.8, 4) is 45.0 Å². The second-order valence-corrected chi connectivity index (χ2v) is 16.1. The van der Waals surface area contributed by atoms with Gasteiger partial charge in [0.05, 0.1) is 44.5 Å². The summed E-state index contributed by atoms with van der Waals surface area (Å²) in [6.07, 6.45) is 0. The Kier molecular flexibility index (Phi) is 7.57. The monoisotopic (exact) mass is 788 g/mol. The van der Waals surface area contributed by atoms with Gasteiger partial charge < -0.3 is 9.13 Å². The van der Waals surface area contributed by atoms with E-state index >= 15 is 0 Å². The second kappa shape index (κ2) is 13.6. The standard InChI is InChI=1S/C58H36N4/c1-4-17-37(18-5-1)39-21-16-22-40(33-39)57-56(38-19-6-2-7-20-38)59-50-32-31-42(34-51(50)60-57)61-52-30-15-14-27-45(52)48-35-49-54(36-53(48)61)62(41-23-8-3-9-24-41)58-47-29-13-11-26-44(47)43-25-10-12-28-46(43)55(49)58/h1-36H. The van der Waals surface area contributed by atoms with Gasteiger partial charge in [0, 0.05) is 49.4 Å². The lowest BCUT2D eigenvalue weighted by atomic mass is 9.96. The summed E-state index contributed by atoms with van der Waals surface area (Å²) in [5.41, 5.74) is 14.6. The summed E-state index contributed by atoms with van der Waals surface area (Å²) >= 11 is 0. The highest BCUT2D eigenvalue weighted by Gasteiger charge is 2.23. The molecule has 10 aromatic carbocycles. The van der Waals surface area contributed by atoms with Crippen molar-refractivity contribution in [1.29, 1.82) is 0 Å². The van der Waals surface area contributed by atoms with E-state index in [0.29, 0.717) is 0 Å². The van der Waals surface area contributed by atoms with Gasteiger partial charge in [-0.3, -0.25) is 0 Å². The molecule has 0 fully saturated rings. The average molecular weight is 789 g/mol. The summed E-state index contributed by atoms with van der Waals surface area (Å²) in [4.78, 5) is 10.9.